The third kappa shape index (κ3) is 4.78. The maximum atomic E-state index is 5.80. The smallest absolute Gasteiger partial charge is 0.127 e. The molecule has 2 N–H and O–H groups in total. The Bertz CT molecular complexity index is 511. The van der Waals surface area contributed by atoms with Crippen LogP contribution in [-0.4, -0.2) is 10.8 Å². The second kappa shape index (κ2) is 8.25. The van der Waals surface area contributed by atoms with Crippen LogP contribution in [0.25, 0.3) is 0 Å². The molecule has 0 aliphatic rings. The normalized spacial score (nSPS) is 10.5. The minimum atomic E-state index is 0.558. The minimum absolute atomic E-state index is 0.558. The van der Waals surface area contributed by atoms with E-state index in [0.717, 1.165) is 27.9 Å². The summed E-state index contributed by atoms with van der Waals surface area (Å²) in [4.78, 5) is 1.27. The number of hydrogen-bond donors (Lipinski definition) is 1. The van der Waals surface area contributed by atoms with Gasteiger partial charge in [0.15, 0.2) is 0 Å². The monoisotopic (exact) mass is 305 g/mol. The van der Waals surface area contributed by atoms with E-state index in [1.165, 1.54) is 4.90 Å². The maximum absolute atomic E-state index is 5.80. The lowest BCUT2D eigenvalue weighted by atomic mass is 10.2. The Morgan fingerprint density at radius 2 is 1.55 bits per heavy atom. The number of thioether (sulfide) groups is 2. The van der Waals surface area contributed by atoms with Gasteiger partial charge in [-0.15, -0.1) is 11.8 Å². The molecule has 20 heavy (non-hydrogen) atoms. The molecule has 0 radical (unpaired) electrons. The molecule has 2 rings (SSSR count). The van der Waals surface area contributed by atoms with Crippen molar-refractivity contribution in [2.45, 2.75) is 18.4 Å². The number of nitrogens with two attached hydrogens (primary N) is 1. The standard InChI is InChI=1S/C16H19NOS2/c1-2-19-12-20-16-9-7-15(8-10-16)18-14-5-3-13(11-17)4-6-14/h3-10H,2,11-12,17H2,1H3. The molecule has 2 nitrogen and oxygen atoms in total. The molecule has 4 heteroatoms. The van der Waals surface area contributed by atoms with Gasteiger partial charge in [0.1, 0.15) is 11.5 Å². The predicted octanol–water partition coefficient (Wildman–Crippen LogP) is 4.74. The molecular formula is C16H19NOS2. The van der Waals surface area contributed by atoms with Crippen molar-refractivity contribution >= 4 is 23.5 Å². The second-order valence-corrected chi connectivity index (χ2v) is 6.87. The van der Waals surface area contributed by atoms with Crippen LogP contribution >= 0.6 is 23.5 Å². The van der Waals surface area contributed by atoms with Gasteiger partial charge in [-0.2, -0.15) is 11.8 Å². The average Bonchev–Trinajstić information content (AvgIpc) is 2.50. The van der Waals surface area contributed by atoms with E-state index in [0.29, 0.717) is 6.54 Å². The number of benzene rings is 2. The van der Waals surface area contributed by atoms with Crippen LogP contribution in [0.4, 0.5) is 0 Å². The van der Waals surface area contributed by atoms with Crippen LogP contribution in [0, 0.1) is 0 Å². The van der Waals surface area contributed by atoms with Crippen molar-refractivity contribution in [3.63, 3.8) is 0 Å². The van der Waals surface area contributed by atoms with Crippen molar-refractivity contribution in [1.82, 2.24) is 0 Å². The molecule has 0 aliphatic carbocycles. The highest BCUT2D eigenvalue weighted by Gasteiger charge is 1.99. The van der Waals surface area contributed by atoms with Crippen molar-refractivity contribution in [2.75, 3.05) is 10.8 Å². The summed E-state index contributed by atoms with van der Waals surface area (Å²) in [6.45, 7) is 2.74. The third-order valence-corrected chi connectivity index (χ3v) is 4.88. The Morgan fingerprint density at radius 1 is 0.950 bits per heavy atom. The van der Waals surface area contributed by atoms with Gasteiger partial charge in [0, 0.05) is 16.5 Å². The minimum Gasteiger partial charge on any atom is -0.457 e. The number of ether oxygens (including phenoxy) is 1. The summed E-state index contributed by atoms with van der Waals surface area (Å²) in [6, 6.07) is 16.1. The number of hydrogen-bond acceptors (Lipinski definition) is 4. The van der Waals surface area contributed by atoms with E-state index in [2.05, 4.69) is 19.1 Å². The lowest BCUT2D eigenvalue weighted by Crippen LogP contribution is -1.95. The fourth-order valence-corrected chi connectivity index (χ4v) is 3.50. The zero-order valence-electron chi connectivity index (χ0n) is 11.5. The first-order valence-corrected chi connectivity index (χ1v) is 8.73. The van der Waals surface area contributed by atoms with Gasteiger partial charge >= 0.3 is 0 Å². The largest absolute Gasteiger partial charge is 0.457 e. The molecule has 0 saturated heterocycles. The molecule has 0 saturated carbocycles. The highest BCUT2D eigenvalue weighted by Crippen LogP contribution is 2.27. The second-order valence-electron chi connectivity index (χ2n) is 4.18. The van der Waals surface area contributed by atoms with Crippen LogP contribution in [0.1, 0.15) is 12.5 Å². The van der Waals surface area contributed by atoms with Gasteiger partial charge in [-0.25, -0.2) is 0 Å². The Kier molecular flexibility index (Phi) is 6.30. The first kappa shape index (κ1) is 15.3. The van der Waals surface area contributed by atoms with E-state index in [-0.39, 0.29) is 0 Å². The van der Waals surface area contributed by atoms with Gasteiger partial charge in [0.05, 0.1) is 0 Å². The summed E-state index contributed by atoms with van der Waals surface area (Å²) in [5.41, 5.74) is 6.68. The molecule has 0 aliphatic heterocycles. The Hall–Kier alpha value is -1.10. The Balaban J connectivity index is 1.92. The van der Waals surface area contributed by atoms with Crippen molar-refractivity contribution in [2.24, 2.45) is 5.73 Å². The summed E-state index contributed by atoms with van der Waals surface area (Å²) in [5.74, 6) is 2.86. The maximum Gasteiger partial charge on any atom is 0.127 e. The lowest BCUT2D eigenvalue weighted by Gasteiger charge is -2.07. The molecule has 0 spiro atoms. The van der Waals surface area contributed by atoms with Crippen molar-refractivity contribution in [3.8, 4) is 11.5 Å². The molecule has 0 heterocycles. The van der Waals surface area contributed by atoms with Gasteiger partial charge in [-0.1, -0.05) is 19.1 Å². The quantitative estimate of drug-likeness (QED) is 0.455. The van der Waals surface area contributed by atoms with Crippen LogP contribution in [0.15, 0.2) is 53.4 Å². The van der Waals surface area contributed by atoms with Crippen molar-refractivity contribution in [1.29, 1.82) is 0 Å². The zero-order chi connectivity index (χ0) is 14.2. The van der Waals surface area contributed by atoms with Gasteiger partial charge in [0.2, 0.25) is 0 Å². The molecule has 0 bridgehead atoms. The van der Waals surface area contributed by atoms with Crippen molar-refractivity contribution in [3.05, 3.63) is 54.1 Å². The van der Waals surface area contributed by atoms with Gasteiger partial charge < -0.3 is 10.5 Å². The van der Waals surface area contributed by atoms with Crippen LogP contribution in [0.2, 0.25) is 0 Å². The molecule has 0 unspecified atom stereocenters. The van der Waals surface area contributed by atoms with Gasteiger partial charge in [0.25, 0.3) is 0 Å². The first-order chi connectivity index (χ1) is 9.81. The summed E-state index contributed by atoms with van der Waals surface area (Å²) in [7, 11) is 0. The van der Waals surface area contributed by atoms with E-state index in [4.69, 9.17) is 10.5 Å². The van der Waals surface area contributed by atoms with Crippen molar-refractivity contribution < 1.29 is 4.74 Å². The third-order valence-electron chi connectivity index (χ3n) is 2.73. The molecule has 0 amide bonds. The van der Waals surface area contributed by atoms with Gasteiger partial charge in [-0.3, -0.25) is 0 Å². The zero-order valence-corrected chi connectivity index (χ0v) is 13.2. The Morgan fingerprint density at radius 3 is 2.10 bits per heavy atom. The lowest BCUT2D eigenvalue weighted by molar-refractivity contribution is 0.482. The Labute approximate surface area is 129 Å². The highest BCUT2D eigenvalue weighted by atomic mass is 32.2. The first-order valence-electron chi connectivity index (χ1n) is 6.59. The summed E-state index contributed by atoms with van der Waals surface area (Å²) in [5, 5.41) is 1.09. The van der Waals surface area contributed by atoms with Crippen LogP contribution < -0.4 is 10.5 Å². The van der Waals surface area contributed by atoms with Crippen LogP contribution in [0.5, 0.6) is 11.5 Å². The summed E-state index contributed by atoms with van der Waals surface area (Å²) in [6.07, 6.45) is 0. The molecule has 0 atom stereocenters. The van der Waals surface area contributed by atoms with Crippen LogP contribution in [-0.2, 0) is 6.54 Å². The van der Waals surface area contributed by atoms with E-state index in [9.17, 15) is 0 Å². The van der Waals surface area contributed by atoms with E-state index < -0.39 is 0 Å². The van der Waals surface area contributed by atoms with E-state index >= 15 is 0 Å². The fraction of sp³-hybridized carbons (Fsp3) is 0.250. The summed E-state index contributed by atoms with van der Waals surface area (Å²) < 4.78 is 5.80. The topological polar surface area (TPSA) is 35.2 Å². The van der Waals surface area contributed by atoms with Crippen LogP contribution in [0.3, 0.4) is 0 Å². The predicted molar refractivity (Wildman–Crippen MR) is 89.7 cm³/mol. The average molecular weight is 305 g/mol. The highest BCUT2D eigenvalue weighted by molar-refractivity contribution is 8.16. The molecule has 0 fully saturated rings. The van der Waals surface area contributed by atoms with E-state index in [1.54, 1.807) is 0 Å². The fourth-order valence-electron chi connectivity index (χ4n) is 1.63. The SMILES string of the molecule is CCSCSc1ccc(Oc2ccc(CN)cc2)cc1. The molecule has 2 aromatic carbocycles. The van der Waals surface area contributed by atoms with E-state index in [1.807, 2.05) is 59.9 Å². The van der Waals surface area contributed by atoms with Gasteiger partial charge in [-0.05, 0) is 47.7 Å². The molecule has 2 aromatic rings. The molecule has 106 valence electrons. The molecular weight excluding hydrogens is 286 g/mol. The molecule has 0 aromatic heterocycles. The summed E-state index contributed by atoms with van der Waals surface area (Å²) >= 11 is 3.79. The number of rotatable bonds is 7.